The van der Waals surface area contributed by atoms with Crippen LogP contribution in [0.4, 0.5) is 4.79 Å². The van der Waals surface area contributed by atoms with Gasteiger partial charge in [-0.15, -0.1) is 0 Å². The molecule has 1 aromatic carbocycles. The molecule has 1 aromatic rings. The summed E-state index contributed by atoms with van der Waals surface area (Å²) in [5, 5.41) is 0. The van der Waals surface area contributed by atoms with Gasteiger partial charge in [0.15, 0.2) is 0 Å². The van der Waals surface area contributed by atoms with Gasteiger partial charge in [0.1, 0.15) is 6.61 Å². The molecule has 2 fully saturated rings. The van der Waals surface area contributed by atoms with Crippen molar-refractivity contribution in [1.29, 1.82) is 0 Å². The Kier molecular flexibility index (Phi) is 4.44. The van der Waals surface area contributed by atoms with Crippen LogP contribution in [0.25, 0.3) is 0 Å². The molecular weight excluding hydrogens is 266 g/mol. The van der Waals surface area contributed by atoms with Crippen LogP contribution in [0.1, 0.15) is 31.7 Å². The van der Waals surface area contributed by atoms with Crippen molar-refractivity contribution < 1.29 is 14.3 Å². The molecule has 2 saturated heterocycles. The Balaban J connectivity index is 1.61. The van der Waals surface area contributed by atoms with E-state index in [0.717, 1.165) is 18.4 Å². The maximum atomic E-state index is 12.4. The van der Waals surface area contributed by atoms with Gasteiger partial charge in [-0.2, -0.15) is 0 Å². The highest BCUT2D eigenvalue weighted by atomic mass is 16.6. The highest BCUT2D eigenvalue weighted by molar-refractivity contribution is 5.69. The monoisotopic (exact) mass is 289 g/mol. The molecule has 0 spiro atoms. The van der Waals surface area contributed by atoms with Crippen LogP contribution in [0.15, 0.2) is 30.3 Å². The minimum atomic E-state index is -0.188. The largest absolute Gasteiger partial charge is 0.445 e. The fraction of sp³-hybridized carbons (Fsp3) is 0.588. The van der Waals surface area contributed by atoms with Crippen molar-refractivity contribution in [2.24, 2.45) is 5.92 Å². The van der Waals surface area contributed by atoms with Gasteiger partial charge in [0.2, 0.25) is 0 Å². The Hall–Kier alpha value is -1.55. The van der Waals surface area contributed by atoms with Gasteiger partial charge in [0.25, 0.3) is 0 Å². The summed E-state index contributed by atoms with van der Waals surface area (Å²) >= 11 is 0. The van der Waals surface area contributed by atoms with E-state index < -0.39 is 0 Å². The molecule has 4 nitrogen and oxygen atoms in total. The van der Waals surface area contributed by atoms with Crippen LogP contribution in [-0.4, -0.2) is 36.3 Å². The number of carbonyl (C=O) groups excluding carboxylic acids is 1. The highest BCUT2D eigenvalue weighted by Gasteiger charge is 2.41. The number of benzene rings is 1. The van der Waals surface area contributed by atoms with Crippen molar-refractivity contribution in [3.63, 3.8) is 0 Å². The minimum Gasteiger partial charge on any atom is -0.445 e. The molecule has 2 unspecified atom stereocenters. The summed E-state index contributed by atoms with van der Waals surface area (Å²) in [6.07, 6.45) is 3.06. The van der Waals surface area contributed by atoms with E-state index in [1.807, 2.05) is 35.2 Å². The van der Waals surface area contributed by atoms with E-state index in [-0.39, 0.29) is 18.2 Å². The van der Waals surface area contributed by atoms with Crippen LogP contribution >= 0.6 is 0 Å². The Bertz CT molecular complexity index is 462. The number of rotatable bonds is 3. The van der Waals surface area contributed by atoms with E-state index in [1.165, 1.54) is 6.42 Å². The van der Waals surface area contributed by atoms with Crippen molar-refractivity contribution in [3.8, 4) is 0 Å². The third-order valence-corrected chi connectivity index (χ3v) is 4.61. The number of morpholine rings is 1. The van der Waals surface area contributed by atoms with Crippen molar-refractivity contribution in [1.82, 2.24) is 4.90 Å². The van der Waals surface area contributed by atoms with Crippen LogP contribution < -0.4 is 0 Å². The summed E-state index contributed by atoms with van der Waals surface area (Å²) in [6, 6.07) is 10.2. The molecule has 114 valence electrons. The summed E-state index contributed by atoms with van der Waals surface area (Å²) in [5.41, 5.74) is 1.02. The molecule has 21 heavy (non-hydrogen) atoms. The third kappa shape index (κ3) is 3.21. The first-order valence-electron chi connectivity index (χ1n) is 7.84. The Morgan fingerprint density at radius 3 is 2.52 bits per heavy atom. The van der Waals surface area contributed by atoms with Crippen molar-refractivity contribution in [2.75, 3.05) is 13.2 Å². The Labute approximate surface area is 126 Å². The van der Waals surface area contributed by atoms with E-state index in [0.29, 0.717) is 25.7 Å². The lowest BCUT2D eigenvalue weighted by Crippen LogP contribution is -2.59. The quantitative estimate of drug-likeness (QED) is 0.857. The fourth-order valence-corrected chi connectivity index (χ4v) is 3.45. The number of piperidine rings is 1. The number of hydrogen-bond donors (Lipinski definition) is 0. The fourth-order valence-electron chi connectivity index (χ4n) is 3.45. The van der Waals surface area contributed by atoms with E-state index in [9.17, 15) is 4.79 Å². The summed E-state index contributed by atoms with van der Waals surface area (Å²) < 4.78 is 11.1. The van der Waals surface area contributed by atoms with E-state index in [4.69, 9.17) is 9.47 Å². The van der Waals surface area contributed by atoms with Gasteiger partial charge >= 0.3 is 6.09 Å². The second-order valence-corrected chi connectivity index (χ2v) is 6.04. The second-order valence-electron chi connectivity index (χ2n) is 6.04. The molecule has 0 radical (unpaired) electrons. The van der Waals surface area contributed by atoms with Crippen LogP contribution in [-0.2, 0) is 16.1 Å². The number of nitrogens with zero attached hydrogens (tertiary/aromatic N) is 1. The summed E-state index contributed by atoms with van der Waals surface area (Å²) in [7, 11) is 0. The topological polar surface area (TPSA) is 38.8 Å². The molecular formula is C17H23NO3. The van der Waals surface area contributed by atoms with Gasteiger partial charge in [-0.1, -0.05) is 43.7 Å². The van der Waals surface area contributed by atoms with Crippen LogP contribution in [0.5, 0.6) is 0 Å². The number of fused-ring (bicyclic) bond motifs is 2. The van der Waals surface area contributed by atoms with Crippen LogP contribution in [0, 0.1) is 5.92 Å². The highest BCUT2D eigenvalue weighted by Crippen LogP contribution is 2.33. The molecule has 2 bridgehead atoms. The zero-order valence-electron chi connectivity index (χ0n) is 12.5. The van der Waals surface area contributed by atoms with Gasteiger partial charge in [-0.3, -0.25) is 4.90 Å². The zero-order chi connectivity index (χ0) is 14.7. The molecule has 0 aromatic heterocycles. The molecule has 2 atom stereocenters. The SMILES string of the molecule is CCC1CC2COCC(C1)N2C(=O)OCc1ccccc1. The molecule has 0 saturated carbocycles. The van der Waals surface area contributed by atoms with Gasteiger partial charge in [0.05, 0.1) is 25.3 Å². The predicted molar refractivity (Wildman–Crippen MR) is 79.9 cm³/mol. The number of ether oxygens (including phenoxy) is 2. The first-order chi connectivity index (χ1) is 10.3. The molecule has 3 rings (SSSR count). The van der Waals surface area contributed by atoms with Gasteiger partial charge in [-0.25, -0.2) is 4.79 Å². The van der Waals surface area contributed by atoms with E-state index in [2.05, 4.69) is 6.92 Å². The average Bonchev–Trinajstić information content (AvgIpc) is 2.52. The maximum Gasteiger partial charge on any atom is 0.410 e. The van der Waals surface area contributed by atoms with Crippen molar-refractivity contribution >= 4 is 6.09 Å². The molecule has 1 amide bonds. The second kappa shape index (κ2) is 6.48. The van der Waals surface area contributed by atoms with Gasteiger partial charge in [0, 0.05) is 0 Å². The average molecular weight is 289 g/mol. The number of hydrogen-bond acceptors (Lipinski definition) is 3. The molecule has 2 aliphatic rings. The van der Waals surface area contributed by atoms with Gasteiger partial charge < -0.3 is 9.47 Å². The third-order valence-electron chi connectivity index (χ3n) is 4.61. The lowest BCUT2D eigenvalue weighted by atomic mass is 9.84. The smallest absolute Gasteiger partial charge is 0.410 e. The molecule has 2 aliphatic heterocycles. The van der Waals surface area contributed by atoms with Crippen molar-refractivity contribution in [2.45, 2.75) is 44.9 Å². The number of amides is 1. The van der Waals surface area contributed by atoms with E-state index in [1.54, 1.807) is 0 Å². The Morgan fingerprint density at radius 1 is 1.24 bits per heavy atom. The predicted octanol–water partition coefficient (Wildman–Crippen LogP) is 3.21. The lowest BCUT2D eigenvalue weighted by molar-refractivity contribution is -0.0797. The zero-order valence-corrected chi connectivity index (χ0v) is 12.5. The summed E-state index contributed by atoms with van der Waals surface area (Å²) in [5.74, 6) is 0.710. The standard InChI is InChI=1S/C17H23NO3/c1-2-13-8-15-11-20-12-16(9-13)18(15)17(19)21-10-14-6-4-3-5-7-14/h3-7,13,15-16H,2,8-12H2,1H3. The first-order valence-corrected chi connectivity index (χ1v) is 7.84. The molecule has 0 N–H and O–H groups in total. The summed E-state index contributed by atoms with van der Waals surface area (Å²) in [4.78, 5) is 14.4. The summed E-state index contributed by atoms with van der Waals surface area (Å²) in [6.45, 7) is 3.86. The first kappa shape index (κ1) is 14.4. The molecule has 4 heteroatoms. The van der Waals surface area contributed by atoms with Gasteiger partial charge in [-0.05, 0) is 24.3 Å². The normalized spacial score (nSPS) is 28.2. The maximum absolute atomic E-state index is 12.4. The van der Waals surface area contributed by atoms with Crippen LogP contribution in [0.2, 0.25) is 0 Å². The van der Waals surface area contributed by atoms with E-state index >= 15 is 0 Å². The molecule has 0 aliphatic carbocycles. The molecule has 2 heterocycles. The minimum absolute atomic E-state index is 0.186. The van der Waals surface area contributed by atoms with Crippen LogP contribution in [0.3, 0.4) is 0 Å². The Morgan fingerprint density at radius 2 is 1.90 bits per heavy atom. The lowest BCUT2D eigenvalue weighted by Gasteiger charge is -2.47. The number of carbonyl (C=O) groups is 1. The van der Waals surface area contributed by atoms with Crippen molar-refractivity contribution in [3.05, 3.63) is 35.9 Å².